The second-order valence-electron chi connectivity index (χ2n) is 12.5. The van der Waals surface area contributed by atoms with Gasteiger partial charge in [-0.25, -0.2) is 35.6 Å². The van der Waals surface area contributed by atoms with E-state index in [0.29, 0.717) is 21.3 Å². The van der Waals surface area contributed by atoms with Crippen LogP contribution in [0, 0.1) is 0 Å². The maximum Gasteiger partial charge on any atom is 0.418 e. The summed E-state index contributed by atoms with van der Waals surface area (Å²) in [6.45, 7) is 0. The van der Waals surface area contributed by atoms with E-state index in [4.69, 9.17) is 19.9 Å². The van der Waals surface area contributed by atoms with Gasteiger partial charge in [-0.2, -0.15) is 26.3 Å². The number of hydrogen-bond donors (Lipinski definition) is 3. The number of alkyl halides is 6. The summed E-state index contributed by atoms with van der Waals surface area (Å²) in [5.41, 5.74) is -2.93. The number of fused-ring (bicyclic) bond motifs is 2. The highest BCUT2D eigenvalue weighted by Gasteiger charge is 2.35. The third-order valence-electron chi connectivity index (χ3n) is 7.94. The molecule has 1 aliphatic rings. The van der Waals surface area contributed by atoms with Gasteiger partial charge >= 0.3 is 23.7 Å². The van der Waals surface area contributed by atoms with Crippen LogP contribution in [0.5, 0.6) is 0 Å². The van der Waals surface area contributed by atoms with Crippen LogP contribution < -0.4 is 28.2 Å². The molecule has 2 atom stereocenters. The van der Waals surface area contributed by atoms with E-state index in [-0.39, 0.29) is 40.1 Å². The van der Waals surface area contributed by atoms with Crippen molar-refractivity contribution in [2.24, 2.45) is 0 Å². The molecule has 0 saturated carbocycles. The van der Waals surface area contributed by atoms with Crippen molar-refractivity contribution in [2.45, 2.75) is 49.5 Å². The number of halogens is 6. The molecular weight excluding hydrogens is 823 g/mol. The van der Waals surface area contributed by atoms with Gasteiger partial charge in [-0.1, -0.05) is 0 Å². The molecule has 0 amide bonds. The third kappa shape index (κ3) is 11.0. The van der Waals surface area contributed by atoms with Crippen molar-refractivity contribution in [1.29, 1.82) is 0 Å². The molecule has 0 spiro atoms. The molecule has 312 valence electrons. The number of anilines is 1. The van der Waals surface area contributed by atoms with Gasteiger partial charge in [-0.3, -0.25) is 9.59 Å². The van der Waals surface area contributed by atoms with E-state index in [1.165, 1.54) is 29.1 Å². The Hall–Kier alpha value is -5.24. The number of nitrogen functional groups attached to an aromatic ring is 1. The summed E-state index contributed by atoms with van der Waals surface area (Å²) in [5, 5.41) is -0.543. The van der Waals surface area contributed by atoms with Gasteiger partial charge in [0.15, 0.2) is 32.3 Å². The van der Waals surface area contributed by atoms with Gasteiger partial charge in [0.25, 0.3) is 11.1 Å². The fourth-order valence-corrected chi connectivity index (χ4v) is 6.82. The molecule has 4 heterocycles. The molecule has 1 saturated heterocycles. The molecule has 2 unspecified atom stereocenters. The van der Waals surface area contributed by atoms with Crippen LogP contribution in [0.3, 0.4) is 0 Å². The highest BCUT2D eigenvalue weighted by Crippen LogP contribution is 2.36. The number of benzene rings is 2. The van der Waals surface area contributed by atoms with E-state index >= 15 is 0 Å². The summed E-state index contributed by atoms with van der Waals surface area (Å²) >= 11 is 0. The van der Waals surface area contributed by atoms with Crippen molar-refractivity contribution in [1.82, 2.24) is 23.7 Å². The molecule has 2 aromatic carbocycles. The van der Waals surface area contributed by atoms with Gasteiger partial charge in [0, 0.05) is 57.7 Å². The Morgan fingerprint density at radius 3 is 1.49 bits per heavy atom. The second kappa shape index (κ2) is 16.7. The maximum atomic E-state index is 13.4. The normalized spacial score (nSPS) is 16.2. The monoisotopic (exact) mass is 856 g/mol. The molecule has 25 heteroatoms. The molecule has 0 radical (unpaired) electrons. The molecule has 1 aliphatic heterocycles. The molecule has 0 bridgehead atoms. The van der Waals surface area contributed by atoms with E-state index in [9.17, 15) is 62.4 Å². The molecule has 17 nitrogen and oxygen atoms in total. The Morgan fingerprint density at radius 2 is 1.12 bits per heavy atom. The number of nitrogens with two attached hydrogens (primary N) is 1. The second-order valence-corrected chi connectivity index (χ2v) is 16.7. The number of aromatic amines is 2. The number of methoxy groups -OCH3 is 2. The van der Waals surface area contributed by atoms with Crippen LogP contribution in [0.25, 0.3) is 27.5 Å². The minimum absolute atomic E-state index is 0.0463. The molecule has 57 heavy (non-hydrogen) atoms. The first kappa shape index (κ1) is 44.5. The molecule has 1 fully saturated rings. The lowest BCUT2D eigenvalue weighted by molar-refractivity contribution is -0.185. The van der Waals surface area contributed by atoms with Crippen molar-refractivity contribution in [3.05, 3.63) is 102 Å². The highest BCUT2D eigenvalue weighted by atomic mass is 32.2. The van der Waals surface area contributed by atoms with Gasteiger partial charge in [0.2, 0.25) is 0 Å². The third-order valence-corrected chi connectivity index (χ3v) is 9.39. The summed E-state index contributed by atoms with van der Waals surface area (Å²) in [7, 11) is -4.14. The smallest absolute Gasteiger partial charge is 0.398 e. The fraction of sp³-hybridized carbons (Fsp3) is 0.375. The van der Waals surface area contributed by atoms with Crippen molar-refractivity contribution >= 4 is 47.2 Å². The predicted octanol–water partition coefficient (Wildman–Crippen LogP) is 2.54. The summed E-state index contributed by atoms with van der Waals surface area (Å²) in [4.78, 5) is 52.4. The largest absolute Gasteiger partial charge is 0.418 e. The average molecular weight is 857 g/mol. The zero-order valence-corrected chi connectivity index (χ0v) is 31.7. The minimum Gasteiger partial charge on any atom is -0.398 e. The average Bonchev–Trinajstić information content (AvgIpc) is 3.80. The molecule has 6 rings (SSSR count). The molecule has 5 aromatic rings. The van der Waals surface area contributed by atoms with Crippen molar-refractivity contribution in [3.8, 4) is 5.69 Å². The number of hydrogen-bond acceptors (Lipinski definition) is 12. The lowest BCUT2D eigenvalue weighted by atomic mass is 10.1. The topological polar surface area (TPSA) is 237 Å². The van der Waals surface area contributed by atoms with Crippen LogP contribution in [-0.2, 0) is 58.0 Å². The zero-order chi connectivity index (χ0) is 42.8. The van der Waals surface area contributed by atoms with Crippen molar-refractivity contribution in [3.63, 3.8) is 0 Å². The van der Waals surface area contributed by atoms with E-state index in [1.807, 2.05) is 4.98 Å². The number of H-pyrrole nitrogens is 2. The Labute approximate surface area is 317 Å². The Morgan fingerprint density at radius 1 is 0.719 bits per heavy atom. The molecule has 4 N–H and O–H groups in total. The van der Waals surface area contributed by atoms with Gasteiger partial charge in [0.1, 0.15) is 11.8 Å². The van der Waals surface area contributed by atoms with Crippen molar-refractivity contribution < 1.29 is 57.4 Å². The Balaban J connectivity index is 0.000000210. The van der Waals surface area contributed by atoms with Crippen LogP contribution in [0.15, 0.2) is 68.0 Å². The van der Waals surface area contributed by atoms with Gasteiger partial charge in [0.05, 0.1) is 38.6 Å². The number of nitrogens with one attached hydrogen (secondary N) is 2. The van der Waals surface area contributed by atoms with Gasteiger partial charge in [-0.15, -0.1) is 0 Å². The van der Waals surface area contributed by atoms with E-state index < -0.39 is 83.1 Å². The lowest BCUT2D eigenvalue weighted by Gasteiger charge is -2.15. The lowest BCUT2D eigenvalue weighted by Crippen LogP contribution is -2.37. The molecular formula is C32H34F6N6O11S2. The summed E-state index contributed by atoms with van der Waals surface area (Å²) < 4.78 is 141. The number of rotatable bonds is 7. The standard InChI is InChI=1S/C15H12F3N3O4S.C11H10F3N3O4S.C6H12O3/c1-26(24,25)8-21-13(22)9-6-12(20-4-2-3-5-20)10(15(16,17)18)7-11(9)19-14(21)23;1-22(20,21)4-17-9(18)5-2-7(15)6(11(12,13)14)3-8(5)16-10(17)19;1-7-5-3-4-6(8-2)9-5/h2-7H,8H2,1H3,(H,19,23);2-3H,4,15H2,1H3,(H,16,19);5-6H,3-4H2,1-2H3. The van der Waals surface area contributed by atoms with Crippen molar-refractivity contribution in [2.75, 3.05) is 32.5 Å². The summed E-state index contributed by atoms with van der Waals surface area (Å²) in [5.74, 6) is -1.77. The van der Waals surface area contributed by atoms with Crippen LogP contribution in [0.2, 0.25) is 0 Å². The predicted molar refractivity (Wildman–Crippen MR) is 193 cm³/mol. The quantitative estimate of drug-likeness (QED) is 0.158. The van der Waals surface area contributed by atoms with E-state index in [0.717, 1.165) is 37.5 Å². The molecule has 0 aliphatic carbocycles. The van der Waals surface area contributed by atoms with E-state index in [1.54, 1.807) is 14.2 Å². The van der Waals surface area contributed by atoms with Crippen LogP contribution >= 0.6 is 0 Å². The Bertz CT molecular complexity index is 2730. The van der Waals surface area contributed by atoms with Gasteiger partial charge in [-0.05, 0) is 36.4 Å². The first-order valence-electron chi connectivity index (χ1n) is 16.0. The maximum absolute atomic E-state index is 13.4. The first-order valence-corrected chi connectivity index (χ1v) is 20.1. The van der Waals surface area contributed by atoms with E-state index in [2.05, 4.69) is 4.98 Å². The first-order chi connectivity index (χ1) is 26.2. The fourth-order valence-electron chi connectivity index (χ4n) is 5.42. The van der Waals surface area contributed by atoms with Crippen LogP contribution in [-0.4, -0.2) is 79.8 Å². The van der Waals surface area contributed by atoms with Gasteiger partial charge < -0.3 is 34.5 Å². The number of nitrogens with zero attached hydrogens (tertiary/aromatic N) is 3. The number of ether oxygens (including phenoxy) is 3. The zero-order valence-electron chi connectivity index (χ0n) is 30.1. The van der Waals surface area contributed by atoms with Crippen LogP contribution in [0.1, 0.15) is 24.0 Å². The van der Waals surface area contributed by atoms with Crippen LogP contribution in [0.4, 0.5) is 32.0 Å². The highest BCUT2D eigenvalue weighted by molar-refractivity contribution is 7.89. The minimum atomic E-state index is -4.75. The number of aromatic nitrogens is 5. The molecule has 3 aromatic heterocycles. The summed E-state index contributed by atoms with van der Waals surface area (Å²) in [6, 6.07) is 5.97. The SMILES string of the molecule is COC1CCC(OC)O1.CS(=O)(=O)Cn1c(=O)[nH]c2cc(C(F)(F)F)c(-n3cccc3)cc2c1=O.CS(=O)(=O)Cn1c(=O)[nH]c2cc(C(F)(F)F)c(N)cc2c1=O. The summed E-state index contributed by atoms with van der Waals surface area (Å²) in [6.07, 6.45) is -3.31. The number of sulfone groups is 2. The Kier molecular flexibility index (Phi) is 13.0.